The van der Waals surface area contributed by atoms with Gasteiger partial charge in [0.25, 0.3) is 0 Å². The summed E-state index contributed by atoms with van der Waals surface area (Å²) >= 11 is 0. The largest absolute Gasteiger partial charge is 0.381 e. The van der Waals surface area contributed by atoms with Crippen molar-refractivity contribution in [3.05, 3.63) is 0 Å². The first kappa shape index (κ1) is 11.0. The quantitative estimate of drug-likeness (QED) is 0.593. The summed E-state index contributed by atoms with van der Waals surface area (Å²) in [6, 6.07) is 0. The molecule has 1 heteroatoms. The highest BCUT2D eigenvalue weighted by atomic mass is 16.5. The molecule has 1 nitrogen and oxygen atoms in total. The molecule has 1 aliphatic heterocycles. The van der Waals surface area contributed by atoms with Gasteiger partial charge in [-0.05, 0) is 24.7 Å². The second-order valence-corrected chi connectivity index (χ2v) is 4.73. The third-order valence-corrected chi connectivity index (χ3v) is 2.98. The van der Waals surface area contributed by atoms with E-state index in [2.05, 4.69) is 13.8 Å². The molecule has 1 rings (SSSR count). The van der Waals surface area contributed by atoms with Crippen molar-refractivity contribution in [2.75, 3.05) is 13.2 Å². The van der Waals surface area contributed by atoms with Crippen LogP contribution in [0.5, 0.6) is 0 Å². The van der Waals surface area contributed by atoms with Crippen LogP contribution in [-0.4, -0.2) is 13.2 Å². The predicted octanol–water partition coefficient (Wildman–Crippen LogP) is 3.63. The Hall–Kier alpha value is -0.0400. The van der Waals surface area contributed by atoms with Crippen molar-refractivity contribution in [3.63, 3.8) is 0 Å². The fourth-order valence-corrected chi connectivity index (χ4v) is 2.02. The van der Waals surface area contributed by atoms with Crippen molar-refractivity contribution in [2.45, 2.75) is 52.4 Å². The van der Waals surface area contributed by atoms with Crippen molar-refractivity contribution < 1.29 is 4.74 Å². The van der Waals surface area contributed by atoms with Gasteiger partial charge >= 0.3 is 0 Å². The monoisotopic (exact) mass is 184 g/mol. The van der Waals surface area contributed by atoms with E-state index in [0.29, 0.717) is 0 Å². The molecule has 1 heterocycles. The van der Waals surface area contributed by atoms with Gasteiger partial charge in [-0.15, -0.1) is 0 Å². The van der Waals surface area contributed by atoms with Crippen molar-refractivity contribution >= 4 is 0 Å². The third kappa shape index (κ3) is 5.30. The number of rotatable bonds is 5. The third-order valence-electron chi connectivity index (χ3n) is 2.98. The highest BCUT2D eigenvalue weighted by Gasteiger charge is 2.12. The van der Waals surface area contributed by atoms with Crippen molar-refractivity contribution in [1.29, 1.82) is 0 Å². The summed E-state index contributed by atoms with van der Waals surface area (Å²) in [5, 5.41) is 0. The van der Waals surface area contributed by atoms with Crippen LogP contribution < -0.4 is 0 Å². The number of unbranched alkanes of at least 4 members (excludes halogenated alkanes) is 1. The maximum atomic E-state index is 5.34. The molecule has 0 aromatic carbocycles. The molecule has 0 atom stereocenters. The lowest BCUT2D eigenvalue weighted by molar-refractivity contribution is 0.0630. The first-order chi connectivity index (χ1) is 6.29. The molecule has 1 saturated heterocycles. The van der Waals surface area contributed by atoms with E-state index in [4.69, 9.17) is 4.74 Å². The van der Waals surface area contributed by atoms with E-state index in [-0.39, 0.29) is 0 Å². The van der Waals surface area contributed by atoms with Crippen LogP contribution in [0.4, 0.5) is 0 Å². The fourth-order valence-electron chi connectivity index (χ4n) is 2.02. The van der Waals surface area contributed by atoms with Gasteiger partial charge in [0, 0.05) is 13.2 Å². The Morgan fingerprint density at radius 1 is 1.15 bits per heavy atom. The Morgan fingerprint density at radius 3 is 2.46 bits per heavy atom. The summed E-state index contributed by atoms with van der Waals surface area (Å²) in [6.07, 6.45) is 8.32. The molecule has 0 aromatic rings. The Bertz CT molecular complexity index is 114. The summed E-state index contributed by atoms with van der Waals surface area (Å²) < 4.78 is 5.34. The molecular weight excluding hydrogens is 160 g/mol. The lowest BCUT2D eigenvalue weighted by Crippen LogP contribution is -2.15. The zero-order chi connectivity index (χ0) is 9.52. The SMILES string of the molecule is CC(C)CCCCC1CCOCC1. The van der Waals surface area contributed by atoms with Crippen LogP contribution in [-0.2, 0) is 4.74 Å². The maximum Gasteiger partial charge on any atom is 0.0468 e. The second-order valence-electron chi connectivity index (χ2n) is 4.73. The van der Waals surface area contributed by atoms with Crippen LogP contribution in [0.3, 0.4) is 0 Å². The van der Waals surface area contributed by atoms with E-state index in [0.717, 1.165) is 25.0 Å². The second kappa shape index (κ2) is 6.42. The summed E-state index contributed by atoms with van der Waals surface area (Å²) in [6.45, 7) is 6.65. The van der Waals surface area contributed by atoms with E-state index >= 15 is 0 Å². The molecule has 1 aliphatic rings. The minimum atomic E-state index is 0.884. The predicted molar refractivity (Wildman–Crippen MR) is 56.8 cm³/mol. The van der Waals surface area contributed by atoms with Gasteiger partial charge in [0.2, 0.25) is 0 Å². The minimum Gasteiger partial charge on any atom is -0.381 e. The molecule has 0 spiro atoms. The van der Waals surface area contributed by atoms with Gasteiger partial charge in [-0.25, -0.2) is 0 Å². The van der Waals surface area contributed by atoms with Gasteiger partial charge in [-0.3, -0.25) is 0 Å². The molecule has 0 unspecified atom stereocenters. The van der Waals surface area contributed by atoms with Crippen molar-refractivity contribution in [1.82, 2.24) is 0 Å². The molecule has 0 aliphatic carbocycles. The lowest BCUT2D eigenvalue weighted by Gasteiger charge is -2.21. The molecule has 0 radical (unpaired) electrons. The minimum absolute atomic E-state index is 0.884. The zero-order valence-corrected chi connectivity index (χ0v) is 9.22. The van der Waals surface area contributed by atoms with Gasteiger partial charge in [0.05, 0.1) is 0 Å². The first-order valence-corrected chi connectivity index (χ1v) is 5.87. The van der Waals surface area contributed by atoms with Crippen molar-refractivity contribution in [2.24, 2.45) is 11.8 Å². The summed E-state index contributed by atoms with van der Waals surface area (Å²) in [5.74, 6) is 1.86. The van der Waals surface area contributed by atoms with Crippen LogP contribution in [0.25, 0.3) is 0 Å². The fraction of sp³-hybridized carbons (Fsp3) is 1.00. The lowest BCUT2D eigenvalue weighted by atomic mass is 9.93. The summed E-state index contributed by atoms with van der Waals surface area (Å²) in [5.41, 5.74) is 0. The van der Waals surface area contributed by atoms with Gasteiger partial charge < -0.3 is 4.74 Å². The van der Waals surface area contributed by atoms with E-state index in [1.54, 1.807) is 0 Å². The highest BCUT2D eigenvalue weighted by Crippen LogP contribution is 2.21. The summed E-state index contributed by atoms with van der Waals surface area (Å²) in [4.78, 5) is 0. The number of hydrogen-bond acceptors (Lipinski definition) is 1. The molecule has 78 valence electrons. The normalized spacial score (nSPS) is 19.6. The van der Waals surface area contributed by atoms with E-state index in [9.17, 15) is 0 Å². The van der Waals surface area contributed by atoms with Crippen LogP contribution in [0.2, 0.25) is 0 Å². The number of ether oxygens (including phenoxy) is 1. The average Bonchev–Trinajstić information content (AvgIpc) is 2.14. The molecule has 0 N–H and O–H groups in total. The van der Waals surface area contributed by atoms with Gasteiger partial charge in [-0.1, -0.05) is 39.5 Å². The smallest absolute Gasteiger partial charge is 0.0468 e. The van der Waals surface area contributed by atoms with Gasteiger partial charge in [0.15, 0.2) is 0 Å². The van der Waals surface area contributed by atoms with Crippen LogP contribution in [0.15, 0.2) is 0 Å². The molecular formula is C12H24O. The van der Waals surface area contributed by atoms with Crippen LogP contribution in [0, 0.1) is 11.8 Å². The molecule has 0 aromatic heterocycles. The topological polar surface area (TPSA) is 9.23 Å². The highest BCUT2D eigenvalue weighted by molar-refractivity contribution is 4.63. The van der Waals surface area contributed by atoms with Crippen LogP contribution in [0.1, 0.15) is 52.4 Å². The molecule has 13 heavy (non-hydrogen) atoms. The molecule has 0 saturated carbocycles. The Balaban J connectivity index is 1.92. The molecule has 0 amide bonds. The molecule has 0 bridgehead atoms. The zero-order valence-electron chi connectivity index (χ0n) is 9.22. The first-order valence-electron chi connectivity index (χ1n) is 5.87. The Morgan fingerprint density at radius 2 is 1.85 bits per heavy atom. The standard InChI is InChI=1S/C12H24O/c1-11(2)5-3-4-6-12-7-9-13-10-8-12/h11-12H,3-10H2,1-2H3. The van der Waals surface area contributed by atoms with E-state index in [1.807, 2.05) is 0 Å². The Labute approximate surface area is 82.9 Å². The van der Waals surface area contributed by atoms with E-state index in [1.165, 1.54) is 38.5 Å². The van der Waals surface area contributed by atoms with Crippen molar-refractivity contribution in [3.8, 4) is 0 Å². The maximum absolute atomic E-state index is 5.34. The Kier molecular flexibility index (Phi) is 5.45. The van der Waals surface area contributed by atoms with Gasteiger partial charge in [0.1, 0.15) is 0 Å². The van der Waals surface area contributed by atoms with E-state index < -0.39 is 0 Å². The summed E-state index contributed by atoms with van der Waals surface area (Å²) in [7, 11) is 0. The van der Waals surface area contributed by atoms with Crippen LogP contribution >= 0.6 is 0 Å². The number of hydrogen-bond donors (Lipinski definition) is 0. The average molecular weight is 184 g/mol. The van der Waals surface area contributed by atoms with Gasteiger partial charge in [-0.2, -0.15) is 0 Å². The molecule has 1 fully saturated rings.